The Kier molecular flexibility index (Phi) is 5.44. The lowest BCUT2D eigenvalue weighted by Gasteiger charge is -2.21. The van der Waals surface area contributed by atoms with E-state index in [0.29, 0.717) is 12.3 Å². The molecule has 2 saturated carbocycles. The van der Waals surface area contributed by atoms with Crippen molar-refractivity contribution < 1.29 is 14.7 Å². The first kappa shape index (κ1) is 15.3. The van der Waals surface area contributed by atoms with E-state index in [1.807, 2.05) is 0 Å². The predicted molar refractivity (Wildman–Crippen MR) is 77.3 cm³/mol. The molecule has 0 aliphatic heterocycles. The molecular weight excluding hydrogens is 254 g/mol. The van der Waals surface area contributed by atoms with Crippen LogP contribution < -0.4 is 5.32 Å². The number of aliphatic carboxylic acids is 1. The molecule has 0 aromatic heterocycles. The van der Waals surface area contributed by atoms with E-state index in [-0.39, 0.29) is 17.9 Å². The first-order valence-electron chi connectivity index (χ1n) is 8.15. The second-order valence-electron chi connectivity index (χ2n) is 6.49. The lowest BCUT2D eigenvalue weighted by atomic mass is 9.94. The van der Waals surface area contributed by atoms with E-state index in [0.717, 1.165) is 25.7 Å². The van der Waals surface area contributed by atoms with Gasteiger partial charge < -0.3 is 10.4 Å². The van der Waals surface area contributed by atoms with Crippen LogP contribution in [-0.4, -0.2) is 23.0 Å². The molecule has 0 saturated heterocycles. The number of carbonyl (C=O) groups is 2. The van der Waals surface area contributed by atoms with Gasteiger partial charge in [0.05, 0.1) is 11.8 Å². The van der Waals surface area contributed by atoms with Crippen molar-refractivity contribution in [2.45, 2.75) is 70.8 Å². The molecule has 0 aromatic carbocycles. The van der Waals surface area contributed by atoms with Gasteiger partial charge in [-0.1, -0.05) is 39.0 Å². The van der Waals surface area contributed by atoms with Crippen molar-refractivity contribution in [2.24, 2.45) is 17.8 Å². The van der Waals surface area contributed by atoms with Gasteiger partial charge >= 0.3 is 5.97 Å². The Balaban J connectivity index is 1.94. The number of amides is 1. The molecule has 2 N–H and O–H groups in total. The van der Waals surface area contributed by atoms with Gasteiger partial charge in [-0.05, 0) is 31.6 Å². The fourth-order valence-corrected chi connectivity index (χ4v) is 3.77. The summed E-state index contributed by atoms with van der Waals surface area (Å²) in [6.07, 6.45) is 9.33. The standard InChI is InChI=1S/C16H27NO3/c1-2-11-9-13(14(10-11)16(19)20)15(18)17-12-7-5-3-4-6-8-12/h11-14H,2-10H2,1H3,(H,17,18)(H,19,20)/t11?,13-,14+/m0/s1. The van der Waals surface area contributed by atoms with E-state index in [1.54, 1.807) is 0 Å². The molecule has 4 nitrogen and oxygen atoms in total. The quantitative estimate of drug-likeness (QED) is 0.779. The molecular formula is C16H27NO3. The van der Waals surface area contributed by atoms with Gasteiger partial charge in [-0.3, -0.25) is 9.59 Å². The van der Waals surface area contributed by atoms with Gasteiger partial charge in [0.25, 0.3) is 0 Å². The second kappa shape index (κ2) is 7.09. The molecule has 4 heteroatoms. The molecule has 1 amide bonds. The van der Waals surface area contributed by atoms with E-state index >= 15 is 0 Å². The van der Waals surface area contributed by atoms with Gasteiger partial charge in [0.2, 0.25) is 5.91 Å². The maximum atomic E-state index is 12.4. The minimum atomic E-state index is -0.804. The molecule has 0 heterocycles. The number of carbonyl (C=O) groups excluding carboxylic acids is 1. The molecule has 0 bridgehead atoms. The van der Waals surface area contributed by atoms with Crippen LogP contribution in [0.25, 0.3) is 0 Å². The topological polar surface area (TPSA) is 66.4 Å². The molecule has 2 aliphatic rings. The molecule has 20 heavy (non-hydrogen) atoms. The molecule has 114 valence electrons. The van der Waals surface area contributed by atoms with Crippen molar-refractivity contribution in [2.75, 3.05) is 0 Å². The Hall–Kier alpha value is -1.06. The molecule has 2 fully saturated rings. The molecule has 2 rings (SSSR count). The molecule has 2 aliphatic carbocycles. The first-order chi connectivity index (χ1) is 9.61. The lowest BCUT2D eigenvalue weighted by Crippen LogP contribution is -2.41. The van der Waals surface area contributed by atoms with Crippen molar-refractivity contribution in [1.29, 1.82) is 0 Å². The normalized spacial score (nSPS) is 31.8. The fraction of sp³-hybridized carbons (Fsp3) is 0.875. The third kappa shape index (κ3) is 3.74. The van der Waals surface area contributed by atoms with Crippen molar-refractivity contribution in [3.05, 3.63) is 0 Å². The molecule has 1 unspecified atom stereocenters. The van der Waals surface area contributed by atoms with Crippen molar-refractivity contribution in [3.63, 3.8) is 0 Å². The van der Waals surface area contributed by atoms with Gasteiger partial charge in [0.15, 0.2) is 0 Å². The Morgan fingerprint density at radius 1 is 1.05 bits per heavy atom. The number of carboxylic acids is 1. The number of hydrogen-bond acceptors (Lipinski definition) is 2. The summed E-state index contributed by atoms with van der Waals surface area (Å²) in [5.74, 6) is -1.23. The van der Waals surface area contributed by atoms with Crippen LogP contribution in [0.3, 0.4) is 0 Å². The Morgan fingerprint density at radius 3 is 2.20 bits per heavy atom. The van der Waals surface area contributed by atoms with Crippen molar-refractivity contribution >= 4 is 11.9 Å². The molecule has 3 atom stereocenters. The van der Waals surface area contributed by atoms with Gasteiger partial charge in [0.1, 0.15) is 0 Å². The third-order valence-electron chi connectivity index (χ3n) is 5.09. The second-order valence-corrected chi connectivity index (χ2v) is 6.49. The van der Waals surface area contributed by atoms with Crippen LogP contribution in [0.2, 0.25) is 0 Å². The maximum absolute atomic E-state index is 12.4. The first-order valence-corrected chi connectivity index (χ1v) is 8.15. The van der Waals surface area contributed by atoms with E-state index in [9.17, 15) is 14.7 Å². The minimum Gasteiger partial charge on any atom is -0.481 e. The Morgan fingerprint density at radius 2 is 1.65 bits per heavy atom. The summed E-state index contributed by atoms with van der Waals surface area (Å²) in [5, 5.41) is 12.4. The monoisotopic (exact) mass is 281 g/mol. The summed E-state index contributed by atoms with van der Waals surface area (Å²) in [7, 11) is 0. The van der Waals surface area contributed by atoms with Crippen molar-refractivity contribution in [3.8, 4) is 0 Å². The van der Waals surface area contributed by atoms with Crippen molar-refractivity contribution in [1.82, 2.24) is 5.32 Å². The average molecular weight is 281 g/mol. The highest BCUT2D eigenvalue weighted by Crippen LogP contribution is 2.38. The summed E-state index contributed by atoms with van der Waals surface area (Å²) in [6, 6.07) is 0.264. The highest BCUT2D eigenvalue weighted by Gasteiger charge is 2.42. The summed E-state index contributed by atoms with van der Waals surface area (Å²) < 4.78 is 0. The zero-order valence-corrected chi connectivity index (χ0v) is 12.4. The van der Waals surface area contributed by atoms with Crippen LogP contribution >= 0.6 is 0 Å². The summed E-state index contributed by atoms with van der Waals surface area (Å²) in [4.78, 5) is 23.8. The van der Waals surface area contributed by atoms with Crippen LogP contribution in [-0.2, 0) is 9.59 Å². The van der Waals surface area contributed by atoms with Crippen LogP contribution in [0, 0.1) is 17.8 Å². The number of nitrogens with one attached hydrogen (secondary N) is 1. The van der Waals surface area contributed by atoms with E-state index in [4.69, 9.17) is 0 Å². The average Bonchev–Trinajstić information content (AvgIpc) is 2.71. The SMILES string of the molecule is CCC1C[C@H](C(=O)NC2CCCCCC2)[C@H](C(=O)O)C1. The van der Waals surface area contributed by atoms with Gasteiger partial charge in [-0.2, -0.15) is 0 Å². The van der Waals surface area contributed by atoms with Crippen LogP contribution in [0.5, 0.6) is 0 Å². The minimum absolute atomic E-state index is 0.0137. The van der Waals surface area contributed by atoms with Crippen LogP contribution in [0.4, 0.5) is 0 Å². The zero-order valence-electron chi connectivity index (χ0n) is 12.4. The smallest absolute Gasteiger partial charge is 0.307 e. The fourth-order valence-electron chi connectivity index (χ4n) is 3.77. The van der Waals surface area contributed by atoms with E-state index < -0.39 is 11.9 Å². The molecule has 0 radical (unpaired) electrons. The summed E-state index contributed by atoms with van der Waals surface area (Å²) in [5.41, 5.74) is 0. The summed E-state index contributed by atoms with van der Waals surface area (Å²) >= 11 is 0. The number of hydrogen-bond donors (Lipinski definition) is 2. The highest BCUT2D eigenvalue weighted by atomic mass is 16.4. The third-order valence-corrected chi connectivity index (χ3v) is 5.09. The largest absolute Gasteiger partial charge is 0.481 e. The lowest BCUT2D eigenvalue weighted by molar-refractivity contribution is -0.146. The summed E-state index contributed by atoms with van der Waals surface area (Å²) in [6.45, 7) is 2.08. The van der Waals surface area contributed by atoms with Gasteiger partial charge in [0, 0.05) is 6.04 Å². The van der Waals surface area contributed by atoms with Gasteiger partial charge in [-0.15, -0.1) is 0 Å². The Labute approximate surface area is 121 Å². The van der Waals surface area contributed by atoms with Crippen LogP contribution in [0.15, 0.2) is 0 Å². The van der Waals surface area contributed by atoms with E-state index in [2.05, 4.69) is 12.2 Å². The zero-order chi connectivity index (χ0) is 14.5. The Bertz CT molecular complexity index is 348. The van der Waals surface area contributed by atoms with E-state index in [1.165, 1.54) is 25.7 Å². The highest BCUT2D eigenvalue weighted by molar-refractivity contribution is 5.85. The predicted octanol–water partition coefficient (Wildman–Crippen LogP) is 2.96. The molecule has 0 spiro atoms. The number of rotatable bonds is 4. The number of carboxylic acid groups (broad SMARTS) is 1. The van der Waals surface area contributed by atoms with Gasteiger partial charge in [-0.25, -0.2) is 0 Å². The van der Waals surface area contributed by atoms with Crippen LogP contribution in [0.1, 0.15) is 64.7 Å². The maximum Gasteiger partial charge on any atom is 0.307 e. The molecule has 0 aromatic rings.